The number of nitrogens with zero attached hydrogens (tertiary/aromatic N) is 6. The molecule has 0 radical (unpaired) electrons. The fraction of sp³-hybridized carbons (Fsp3) is 0.333. The van der Waals surface area contributed by atoms with Crippen LogP contribution >= 0.6 is 0 Å². The van der Waals surface area contributed by atoms with Crippen molar-refractivity contribution in [2.24, 2.45) is 0 Å². The number of fused-ring (bicyclic) bond motifs is 2. The first-order valence-electron chi connectivity index (χ1n) is 19.2. The minimum atomic E-state index is -0.882. The van der Waals surface area contributed by atoms with Crippen molar-refractivity contribution in [3.05, 3.63) is 103 Å². The molecule has 3 aliphatic heterocycles. The minimum Gasteiger partial charge on any atom is -0.490 e. The Bertz CT molecular complexity index is 2280. The fourth-order valence-corrected chi connectivity index (χ4v) is 7.60. The average molecular weight is 773 g/mol. The van der Waals surface area contributed by atoms with Gasteiger partial charge in [-0.05, 0) is 80.8 Å². The van der Waals surface area contributed by atoms with E-state index in [1.54, 1.807) is 18.2 Å². The van der Waals surface area contributed by atoms with E-state index in [1.165, 1.54) is 6.33 Å². The molecule has 5 heterocycles. The van der Waals surface area contributed by atoms with Gasteiger partial charge >= 0.3 is 0 Å². The zero-order valence-corrected chi connectivity index (χ0v) is 31.5. The van der Waals surface area contributed by atoms with Gasteiger partial charge in [-0.2, -0.15) is 5.10 Å². The number of nitrogens with one attached hydrogen (secondary N) is 1. The number of nitrogen functional groups attached to an aromatic ring is 1. The van der Waals surface area contributed by atoms with Gasteiger partial charge in [0.05, 0.1) is 49.0 Å². The molecule has 3 N–H and O–H groups in total. The Morgan fingerprint density at radius 3 is 2.42 bits per heavy atom. The van der Waals surface area contributed by atoms with Crippen molar-refractivity contribution in [1.82, 2.24) is 34.9 Å². The van der Waals surface area contributed by atoms with Crippen molar-refractivity contribution in [3.63, 3.8) is 0 Å². The predicted molar refractivity (Wildman–Crippen MR) is 211 cm³/mol. The van der Waals surface area contributed by atoms with Gasteiger partial charge in [0.25, 0.3) is 11.8 Å². The second-order valence-corrected chi connectivity index (χ2v) is 14.2. The average Bonchev–Trinajstić information content (AvgIpc) is 3.74. The number of para-hydroxylation sites is 1. The highest BCUT2D eigenvalue weighted by molar-refractivity contribution is 6.24. The Labute approximate surface area is 329 Å². The molecule has 2 saturated heterocycles. The summed E-state index contributed by atoms with van der Waals surface area (Å²) in [5, 5.41) is 8.45. The number of amides is 3. The van der Waals surface area contributed by atoms with Gasteiger partial charge in [0, 0.05) is 24.4 Å². The van der Waals surface area contributed by atoms with Crippen LogP contribution in [0.3, 0.4) is 0 Å². The molecule has 3 aromatic carbocycles. The molecule has 3 aliphatic rings. The molecule has 0 saturated carbocycles. The molecule has 2 unspecified atom stereocenters. The predicted octanol–water partition coefficient (Wildman–Crippen LogP) is 5.01. The van der Waals surface area contributed by atoms with E-state index in [2.05, 4.69) is 26.8 Å². The van der Waals surface area contributed by atoms with Crippen LogP contribution in [0, 0.1) is 0 Å². The van der Waals surface area contributed by atoms with Crippen LogP contribution in [0.4, 0.5) is 5.82 Å². The first-order chi connectivity index (χ1) is 27.9. The number of allylic oxidation sites excluding steroid dienone is 1. The van der Waals surface area contributed by atoms with E-state index in [0.717, 1.165) is 65.5 Å². The number of nitrogens with two attached hydrogens (primary N) is 1. The highest BCUT2D eigenvalue weighted by atomic mass is 16.5. The van der Waals surface area contributed by atoms with E-state index < -0.39 is 23.8 Å². The third-order valence-corrected chi connectivity index (χ3v) is 10.4. The molecule has 0 bridgehead atoms. The zero-order valence-electron chi connectivity index (χ0n) is 31.5. The number of piperidine rings is 2. The van der Waals surface area contributed by atoms with E-state index >= 15 is 0 Å². The summed E-state index contributed by atoms with van der Waals surface area (Å²) in [6, 6.07) is 21.5. The van der Waals surface area contributed by atoms with Crippen LogP contribution in [0.2, 0.25) is 0 Å². The second kappa shape index (κ2) is 16.9. The number of carbonyl (C=O) groups is 3. The minimum absolute atomic E-state index is 0.0999. The van der Waals surface area contributed by atoms with E-state index in [1.807, 2.05) is 59.3 Å². The SMILES string of the molecule is C=C1CCC(N2C(=O)c3cccc(OCCOCCOCCN4CCCC(n5nc(-c6ccc(Oc7ccccc7)cc6)c6c(N)ncnc65)C4)c3C2=O)C(=O)N1. The van der Waals surface area contributed by atoms with Crippen LogP contribution in [-0.4, -0.2) is 106 Å². The first-order valence-corrected chi connectivity index (χ1v) is 19.2. The lowest BCUT2D eigenvalue weighted by Gasteiger charge is -2.32. The summed E-state index contributed by atoms with van der Waals surface area (Å²) < 4.78 is 25.5. The molecule has 15 nitrogen and oxygen atoms in total. The Morgan fingerprint density at radius 1 is 0.842 bits per heavy atom. The number of hydrogen-bond donors (Lipinski definition) is 2. The topological polar surface area (TPSA) is 176 Å². The second-order valence-electron chi connectivity index (χ2n) is 14.2. The molecule has 0 spiro atoms. The maximum atomic E-state index is 13.3. The molecule has 294 valence electrons. The van der Waals surface area contributed by atoms with Gasteiger partial charge in [0.15, 0.2) is 5.65 Å². The van der Waals surface area contributed by atoms with Crippen LogP contribution in [-0.2, 0) is 14.3 Å². The summed E-state index contributed by atoms with van der Waals surface area (Å²) in [6.45, 7) is 8.03. The first kappa shape index (κ1) is 37.7. The number of likely N-dealkylation sites (tertiary alicyclic amines) is 1. The van der Waals surface area contributed by atoms with Crippen molar-refractivity contribution < 1.29 is 33.3 Å². The number of ether oxygens (including phenoxy) is 4. The van der Waals surface area contributed by atoms with Gasteiger partial charge in [-0.1, -0.05) is 30.8 Å². The lowest BCUT2D eigenvalue weighted by Crippen LogP contribution is -2.51. The van der Waals surface area contributed by atoms with E-state index in [-0.39, 0.29) is 36.1 Å². The van der Waals surface area contributed by atoms with Crippen molar-refractivity contribution in [1.29, 1.82) is 0 Å². The summed E-state index contributed by atoms with van der Waals surface area (Å²) in [4.78, 5) is 51.3. The third kappa shape index (κ3) is 8.08. The summed E-state index contributed by atoms with van der Waals surface area (Å²) in [7, 11) is 0. The molecule has 57 heavy (non-hydrogen) atoms. The lowest BCUT2D eigenvalue weighted by atomic mass is 10.0. The quantitative estimate of drug-likeness (QED) is 0.108. The Kier molecular flexibility index (Phi) is 11.2. The van der Waals surface area contributed by atoms with Gasteiger partial charge in [-0.25, -0.2) is 14.6 Å². The van der Waals surface area contributed by atoms with Crippen LogP contribution in [0.1, 0.15) is 52.4 Å². The fourth-order valence-electron chi connectivity index (χ4n) is 7.60. The largest absolute Gasteiger partial charge is 0.490 e. The number of anilines is 1. The van der Waals surface area contributed by atoms with Crippen LogP contribution < -0.4 is 20.5 Å². The molecule has 2 aromatic heterocycles. The van der Waals surface area contributed by atoms with E-state index in [0.29, 0.717) is 49.8 Å². The van der Waals surface area contributed by atoms with Crippen molar-refractivity contribution in [2.45, 2.75) is 37.8 Å². The number of carbonyl (C=O) groups excluding carboxylic acids is 3. The third-order valence-electron chi connectivity index (χ3n) is 10.4. The monoisotopic (exact) mass is 772 g/mol. The molecule has 3 amide bonds. The van der Waals surface area contributed by atoms with Crippen molar-refractivity contribution >= 4 is 34.6 Å². The van der Waals surface area contributed by atoms with Crippen molar-refractivity contribution in [2.75, 3.05) is 58.4 Å². The smallest absolute Gasteiger partial charge is 0.266 e. The Hall–Kier alpha value is -6.16. The van der Waals surface area contributed by atoms with Gasteiger partial charge in [0.1, 0.15) is 47.7 Å². The van der Waals surface area contributed by atoms with Crippen LogP contribution in [0.15, 0.2) is 91.4 Å². The molecule has 0 aliphatic carbocycles. The molecule has 5 aromatic rings. The number of imide groups is 1. The van der Waals surface area contributed by atoms with Gasteiger partial charge in [-0.15, -0.1) is 0 Å². The zero-order chi connectivity index (χ0) is 39.3. The lowest BCUT2D eigenvalue weighted by molar-refractivity contribution is -0.125. The van der Waals surface area contributed by atoms with E-state index in [9.17, 15) is 14.4 Å². The number of hydrogen-bond acceptors (Lipinski definition) is 12. The van der Waals surface area contributed by atoms with Crippen LogP contribution in [0.25, 0.3) is 22.3 Å². The standard InChI is InChI=1S/C42H44N8O7/c1-27-12-17-33(40(51)46-27)49-41(52)32-10-5-11-34(35(32)42(49)53)56-24-23-55-22-21-54-20-19-48-18-6-7-29(25-48)50-39-36(38(43)44-26-45-39)37(47-50)28-13-15-31(16-14-28)57-30-8-3-2-4-9-30/h2-5,8-11,13-16,26,29,33H,1,6-7,12,17-25H2,(H,46,51)(H2,43,44,45). The molecule has 8 rings (SSSR count). The van der Waals surface area contributed by atoms with Crippen LogP contribution in [0.5, 0.6) is 17.2 Å². The van der Waals surface area contributed by atoms with Gasteiger partial charge < -0.3 is 30.0 Å². The highest BCUT2D eigenvalue weighted by Crippen LogP contribution is 2.36. The summed E-state index contributed by atoms with van der Waals surface area (Å²) in [5.74, 6) is 0.714. The molecule has 15 heteroatoms. The number of benzene rings is 3. The Morgan fingerprint density at radius 2 is 1.61 bits per heavy atom. The molecular weight excluding hydrogens is 729 g/mol. The number of aromatic nitrogens is 4. The summed E-state index contributed by atoms with van der Waals surface area (Å²) in [6.07, 6.45) is 4.28. The van der Waals surface area contributed by atoms with E-state index in [4.69, 9.17) is 29.8 Å². The molecule has 2 fully saturated rings. The number of rotatable bonds is 15. The highest BCUT2D eigenvalue weighted by Gasteiger charge is 2.45. The van der Waals surface area contributed by atoms with Gasteiger partial charge in [0.2, 0.25) is 5.91 Å². The van der Waals surface area contributed by atoms with Gasteiger partial charge in [-0.3, -0.25) is 24.2 Å². The molecular formula is C42H44N8O7. The maximum Gasteiger partial charge on any atom is 0.266 e. The van der Waals surface area contributed by atoms with Crippen molar-refractivity contribution in [3.8, 4) is 28.5 Å². The molecule has 2 atom stereocenters. The maximum absolute atomic E-state index is 13.3. The normalized spacial score (nSPS) is 18.6. The Balaban J connectivity index is 0.789. The summed E-state index contributed by atoms with van der Waals surface area (Å²) in [5.41, 5.74) is 9.72. The summed E-state index contributed by atoms with van der Waals surface area (Å²) >= 11 is 0.